The summed E-state index contributed by atoms with van der Waals surface area (Å²) in [7, 11) is 0. The van der Waals surface area contributed by atoms with Crippen LogP contribution in [-0.4, -0.2) is 8.80 Å². The molecule has 11 aromatic rings. The van der Waals surface area contributed by atoms with Crippen LogP contribution in [0.3, 0.4) is 0 Å². The van der Waals surface area contributed by atoms with Gasteiger partial charge < -0.3 is 8.80 Å². The fourth-order valence-electron chi connectivity index (χ4n) is 10.5. The van der Waals surface area contributed by atoms with Gasteiger partial charge in [-0.05, 0) is 112 Å². The Morgan fingerprint density at radius 1 is 0.290 bits per heavy atom. The van der Waals surface area contributed by atoms with Gasteiger partial charge in [0.2, 0.25) is 0 Å². The van der Waals surface area contributed by atoms with E-state index in [1.54, 1.807) is 0 Å². The molecule has 0 atom stereocenters. The zero-order valence-electron chi connectivity index (χ0n) is 38.6. The topological polar surface area (TPSA) is 8.82 Å². The van der Waals surface area contributed by atoms with E-state index >= 15 is 0 Å². The fraction of sp³-hybridized carbons (Fsp3) is 0.267. The first-order valence-electron chi connectivity index (χ1n) is 22.6. The lowest BCUT2D eigenvalue weighted by Gasteiger charge is -2.26. The molecule has 0 spiro atoms. The highest BCUT2D eigenvalue weighted by molar-refractivity contribution is 6.31. The van der Waals surface area contributed by atoms with Gasteiger partial charge in [0.15, 0.2) is 0 Å². The maximum atomic E-state index is 2.60. The van der Waals surface area contributed by atoms with Crippen LogP contribution in [0.15, 0.2) is 133 Å². The van der Waals surface area contributed by atoms with Crippen LogP contribution in [0.25, 0.3) is 98.4 Å². The van der Waals surface area contributed by atoms with E-state index in [2.05, 4.69) is 225 Å². The van der Waals surface area contributed by atoms with Gasteiger partial charge in [0.25, 0.3) is 0 Å². The largest absolute Gasteiger partial charge is 0.305 e. The molecule has 62 heavy (non-hydrogen) atoms. The van der Waals surface area contributed by atoms with Crippen LogP contribution in [-0.2, 0) is 21.7 Å². The summed E-state index contributed by atoms with van der Waals surface area (Å²) in [5, 5.41) is 10.4. The van der Waals surface area contributed by atoms with E-state index in [4.69, 9.17) is 0 Å². The van der Waals surface area contributed by atoms with Gasteiger partial charge in [-0.3, -0.25) is 0 Å². The Bertz CT molecular complexity index is 3340. The molecule has 0 bridgehead atoms. The molecule has 0 amide bonds. The van der Waals surface area contributed by atoms with Crippen LogP contribution in [0.2, 0.25) is 0 Å². The minimum atomic E-state index is 0.0118. The Balaban J connectivity index is 1.31. The molecule has 3 aromatic heterocycles. The summed E-state index contributed by atoms with van der Waals surface area (Å²) < 4.78 is 5.20. The summed E-state index contributed by atoms with van der Waals surface area (Å²) in [6.07, 6.45) is 0. The van der Waals surface area contributed by atoms with Crippen molar-refractivity contribution < 1.29 is 0 Å². The number of hydrogen-bond acceptors (Lipinski definition) is 0. The third-order valence-corrected chi connectivity index (χ3v) is 14.0. The highest BCUT2D eigenvalue weighted by Crippen LogP contribution is 2.48. The zero-order chi connectivity index (χ0) is 43.4. The van der Waals surface area contributed by atoms with Gasteiger partial charge >= 0.3 is 0 Å². The van der Waals surface area contributed by atoms with Gasteiger partial charge in [0.05, 0.1) is 33.1 Å². The molecule has 0 aliphatic carbocycles. The van der Waals surface area contributed by atoms with Gasteiger partial charge in [0, 0.05) is 21.5 Å². The summed E-state index contributed by atoms with van der Waals surface area (Å²) in [4.78, 5) is 0. The van der Waals surface area contributed by atoms with Gasteiger partial charge in [-0.2, -0.15) is 0 Å². The van der Waals surface area contributed by atoms with Crippen molar-refractivity contribution in [2.45, 2.75) is 105 Å². The maximum absolute atomic E-state index is 2.60. The Hall–Kier alpha value is -6.12. The molecule has 2 heteroatoms. The van der Waals surface area contributed by atoms with Gasteiger partial charge in [0.1, 0.15) is 0 Å². The molecule has 0 unspecified atom stereocenters. The number of hydrogen-bond donors (Lipinski definition) is 0. The van der Waals surface area contributed by atoms with Crippen molar-refractivity contribution in [3.8, 4) is 22.3 Å². The number of rotatable bonds is 2. The van der Waals surface area contributed by atoms with Crippen molar-refractivity contribution in [1.82, 2.24) is 8.80 Å². The Morgan fingerprint density at radius 3 is 0.919 bits per heavy atom. The van der Waals surface area contributed by atoms with E-state index in [0.29, 0.717) is 0 Å². The SMILES string of the molecule is CC(C)(C)c1cc(-c2cc3c(c4ccccc24)c2cccc4c2n3c2cccc3c5c6ccccc6c(-c6cc(C(C)(C)C)cc(C(C)(C)C)c6)cc5n4c32)cc(C(C)(C)C)c1. The second-order valence-electron chi connectivity index (χ2n) is 22.3. The number of nitrogens with zero attached hydrogens (tertiary/aromatic N) is 2. The molecular weight excluding hydrogens is 749 g/mol. The zero-order valence-corrected chi connectivity index (χ0v) is 38.6. The highest BCUT2D eigenvalue weighted by Gasteiger charge is 2.27. The molecule has 0 saturated heterocycles. The smallest absolute Gasteiger partial charge is 0.0783 e. The van der Waals surface area contributed by atoms with Gasteiger partial charge in [-0.15, -0.1) is 0 Å². The van der Waals surface area contributed by atoms with E-state index in [1.807, 2.05) is 0 Å². The quantitative estimate of drug-likeness (QED) is 0.154. The Labute approximate surface area is 366 Å². The molecule has 0 radical (unpaired) electrons. The first kappa shape index (κ1) is 38.8. The van der Waals surface area contributed by atoms with Crippen LogP contribution in [0.1, 0.15) is 105 Å². The van der Waals surface area contributed by atoms with E-state index in [1.165, 1.54) is 121 Å². The second kappa shape index (κ2) is 12.7. The summed E-state index contributed by atoms with van der Waals surface area (Å²) in [6, 6.07) is 51.9. The summed E-state index contributed by atoms with van der Waals surface area (Å²) in [5.41, 5.74) is 18.2. The minimum absolute atomic E-state index is 0.0118. The molecule has 0 aliphatic heterocycles. The Kier molecular flexibility index (Phi) is 7.96. The summed E-state index contributed by atoms with van der Waals surface area (Å²) in [6.45, 7) is 28.0. The third kappa shape index (κ3) is 5.61. The van der Waals surface area contributed by atoms with Crippen LogP contribution >= 0.6 is 0 Å². The Morgan fingerprint density at radius 2 is 0.597 bits per heavy atom. The van der Waals surface area contributed by atoms with Crippen molar-refractivity contribution in [3.05, 3.63) is 156 Å². The monoisotopic (exact) mass is 806 g/mol. The molecule has 308 valence electrons. The second-order valence-corrected chi connectivity index (χ2v) is 22.3. The molecule has 0 saturated carbocycles. The van der Waals surface area contributed by atoms with Crippen molar-refractivity contribution in [1.29, 1.82) is 0 Å². The van der Waals surface area contributed by atoms with E-state index in [-0.39, 0.29) is 21.7 Å². The lowest BCUT2D eigenvalue weighted by molar-refractivity contribution is 0.568. The summed E-state index contributed by atoms with van der Waals surface area (Å²) >= 11 is 0. The van der Waals surface area contributed by atoms with Crippen molar-refractivity contribution in [3.63, 3.8) is 0 Å². The van der Waals surface area contributed by atoms with Crippen molar-refractivity contribution >= 4 is 76.2 Å². The number of fused-ring (bicyclic) bond motifs is 12. The maximum Gasteiger partial charge on any atom is 0.0783 e. The first-order valence-corrected chi connectivity index (χ1v) is 22.6. The molecule has 8 aromatic carbocycles. The molecular formula is C60H58N2. The van der Waals surface area contributed by atoms with Gasteiger partial charge in [-0.1, -0.05) is 192 Å². The average molecular weight is 807 g/mol. The lowest BCUT2D eigenvalue weighted by atomic mass is 9.78. The predicted octanol–water partition coefficient (Wildman–Crippen LogP) is 17.1. The van der Waals surface area contributed by atoms with Crippen LogP contribution in [0.5, 0.6) is 0 Å². The van der Waals surface area contributed by atoms with E-state index < -0.39 is 0 Å². The molecule has 2 nitrogen and oxygen atoms in total. The molecule has 0 aliphatic rings. The molecule has 0 N–H and O–H groups in total. The van der Waals surface area contributed by atoms with Crippen molar-refractivity contribution in [2.75, 3.05) is 0 Å². The minimum Gasteiger partial charge on any atom is -0.305 e. The third-order valence-electron chi connectivity index (χ3n) is 14.0. The van der Waals surface area contributed by atoms with Crippen LogP contribution in [0, 0.1) is 0 Å². The first-order chi connectivity index (χ1) is 29.3. The molecule has 3 heterocycles. The van der Waals surface area contributed by atoms with E-state index in [0.717, 1.165) is 0 Å². The normalized spacial score (nSPS) is 13.5. The fourth-order valence-corrected chi connectivity index (χ4v) is 10.5. The standard InChI is InChI=1S/C60H58N2/c1-57(2,3)37-27-35(28-38(31-37)58(4,5)6)47-33-51-53(43-21-15-13-19-41(43)47)45-23-17-26-50-55(45)61(51)49-25-18-24-46-54-44-22-16-14-20-42(44)48(34-52(54)62(50)56(46)49)36-29-39(59(7,8)9)32-40(30-36)60(10,11)12/h13-34H,1-12H3. The number of para-hydroxylation sites is 2. The molecule has 0 fully saturated rings. The highest BCUT2D eigenvalue weighted by atomic mass is 15.0. The van der Waals surface area contributed by atoms with Crippen molar-refractivity contribution in [2.24, 2.45) is 0 Å². The average Bonchev–Trinajstić information content (AvgIpc) is 3.75. The predicted molar refractivity (Wildman–Crippen MR) is 270 cm³/mol. The number of benzene rings is 8. The lowest BCUT2D eigenvalue weighted by Crippen LogP contribution is -2.16. The number of aromatic nitrogens is 2. The van der Waals surface area contributed by atoms with Gasteiger partial charge in [-0.25, -0.2) is 0 Å². The molecule has 11 rings (SSSR count). The van der Waals surface area contributed by atoms with Crippen LogP contribution in [0.4, 0.5) is 0 Å². The van der Waals surface area contributed by atoms with E-state index in [9.17, 15) is 0 Å². The summed E-state index contributed by atoms with van der Waals surface area (Å²) in [5.74, 6) is 0. The van der Waals surface area contributed by atoms with Crippen LogP contribution < -0.4 is 0 Å².